The summed E-state index contributed by atoms with van der Waals surface area (Å²) in [5.41, 5.74) is 0.504. The van der Waals surface area contributed by atoms with Crippen molar-refractivity contribution in [3.8, 4) is 0 Å². The van der Waals surface area contributed by atoms with Gasteiger partial charge in [0.2, 0.25) is 0 Å². The number of hydrogen-bond donors (Lipinski definition) is 0. The van der Waals surface area contributed by atoms with E-state index in [1.165, 1.54) is 147 Å². The Morgan fingerprint density at radius 2 is 0.889 bits per heavy atom. The zero-order valence-corrected chi connectivity index (χ0v) is 27.5. The minimum absolute atomic E-state index is 0.238. The summed E-state index contributed by atoms with van der Waals surface area (Å²) in [5.74, 6) is -0.238. The van der Waals surface area contributed by atoms with Crippen molar-refractivity contribution in [3.63, 3.8) is 0 Å². The summed E-state index contributed by atoms with van der Waals surface area (Å²) in [6.07, 6.45) is 32.6. The maximum atomic E-state index is 11.8. The summed E-state index contributed by atoms with van der Waals surface area (Å²) in [4.78, 5) is 11.8. The van der Waals surface area contributed by atoms with Gasteiger partial charge in [0.25, 0.3) is 0 Å². The van der Waals surface area contributed by atoms with Gasteiger partial charge in [-0.25, -0.2) is 0 Å². The molecule has 0 spiro atoms. The third-order valence-electron chi connectivity index (χ3n) is 7.90. The van der Waals surface area contributed by atoms with E-state index >= 15 is 0 Å². The van der Waals surface area contributed by atoms with Gasteiger partial charge in [-0.1, -0.05) is 0 Å². The predicted octanol–water partition coefficient (Wildman–Crippen LogP) is 11.8. The van der Waals surface area contributed by atoms with E-state index in [4.69, 9.17) is 4.74 Å². The number of hydrogen-bond acceptors (Lipinski definition) is 2. The Hall–Kier alpha value is 0.120. The molecule has 0 fully saturated rings. The summed E-state index contributed by atoms with van der Waals surface area (Å²) in [5, 5.41) is -1.94. The second-order valence-electron chi connectivity index (χ2n) is 11.6. The van der Waals surface area contributed by atoms with E-state index in [2.05, 4.69) is 42.8 Å². The van der Waals surface area contributed by atoms with E-state index in [-0.39, 0.29) is 5.97 Å². The molecule has 0 radical (unpaired) electrons. The molecule has 0 aromatic rings. The van der Waals surface area contributed by atoms with Gasteiger partial charge in [0.15, 0.2) is 0 Å². The zero-order chi connectivity index (χ0) is 27.0. The Morgan fingerprint density at radius 3 is 1.22 bits per heavy atom. The molecule has 0 amide bonds. The number of halogens is 1. The van der Waals surface area contributed by atoms with Crippen molar-refractivity contribution in [1.82, 2.24) is 0 Å². The number of ether oxygens (including phenoxy) is 1. The molecule has 0 heterocycles. The van der Waals surface area contributed by atoms with E-state index in [9.17, 15) is 4.79 Å². The Bertz CT molecular complexity index is 505. The molecular formula is C32H64BrO2P. The van der Waals surface area contributed by atoms with Crippen LogP contribution >= 0.6 is 20.8 Å². The van der Waals surface area contributed by atoms with Crippen molar-refractivity contribution in [2.75, 3.05) is 31.3 Å². The number of rotatable bonds is 27. The third kappa shape index (κ3) is 19.2. The van der Waals surface area contributed by atoms with Gasteiger partial charge in [-0.05, 0) is 0 Å². The number of carbonyl (C=O) groups excluding carboxylic acids is 1. The molecule has 0 aliphatic rings. The summed E-state index contributed by atoms with van der Waals surface area (Å²) in [7, 11) is 0. The molecule has 0 bridgehead atoms. The summed E-state index contributed by atoms with van der Waals surface area (Å²) >= 11 is 4.65. The fourth-order valence-corrected chi connectivity index (χ4v) is 13.8. The van der Waals surface area contributed by atoms with Crippen LogP contribution in [0.5, 0.6) is 0 Å². The fourth-order valence-electron chi connectivity index (χ4n) is 5.43. The number of carbonyl (C=O) groups is 1. The maximum absolute atomic E-state index is 11.8. The molecule has 0 atom stereocenters. The topological polar surface area (TPSA) is 26.3 Å². The molecule has 0 saturated heterocycles. The van der Waals surface area contributed by atoms with Gasteiger partial charge in [-0.2, -0.15) is 0 Å². The minimum atomic E-state index is -1.94. The summed E-state index contributed by atoms with van der Waals surface area (Å²) in [6.45, 7) is 12.9. The van der Waals surface area contributed by atoms with Crippen LogP contribution in [0.3, 0.4) is 0 Å². The molecule has 0 aliphatic heterocycles. The molecule has 2 nitrogen and oxygen atoms in total. The first kappa shape index (κ1) is 36.1. The van der Waals surface area contributed by atoms with E-state index in [1.54, 1.807) is 6.92 Å². The van der Waals surface area contributed by atoms with Gasteiger partial charge < -0.3 is 0 Å². The van der Waals surface area contributed by atoms with E-state index in [0.29, 0.717) is 12.2 Å². The number of unbranched alkanes of at least 4 members (excludes halogenated alkanes) is 16. The Kier molecular flexibility index (Phi) is 23.1. The normalized spacial score (nSPS) is 12.9. The first-order valence-electron chi connectivity index (χ1n) is 15.9. The fraction of sp³-hybridized carbons (Fsp3) is 0.906. The molecule has 4 heteroatoms. The molecule has 0 N–H and O–H groups in total. The van der Waals surface area contributed by atoms with Gasteiger partial charge in [-0.15, -0.1) is 0 Å². The molecule has 216 valence electrons. The number of esters is 1. The molecule has 36 heavy (non-hydrogen) atoms. The van der Waals surface area contributed by atoms with E-state index < -0.39 is 5.31 Å². The van der Waals surface area contributed by atoms with Crippen molar-refractivity contribution in [2.45, 2.75) is 156 Å². The SMILES string of the molecule is C=C(C)C(=O)OCCCCP(Br)(CCCCCCCC)(CCCCCCCC)CCCCCCCC. The predicted molar refractivity (Wildman–Crippen MR) is 170 cm³/mol. The molecule has 0 rings (SSSR count). The van der Waals surface area contributed by atoms with Gasteiger partial charge in [0, 0.05) is 0 Å². The van der Waals surface area contributed by atoms with E-state index in [1.807, 2.05) is 0 Å². The first-order valence-corrected chi connectivity index (χ1v) is 20.9. The average Bonchev–Trinajstić information content (AvgIpc) is 2.85. The van der Waals surface area contributed by atoms with Crippen LogP contribution < -0.4 is 0 Å². The Labute approximate surface area is 235 Å². The van der Waals surface area contributed by atoms with Crippen LogP contribution in [0.15, 0.2) is 12.2 Å². The van der Waals surface area contributed by atoms with Crippen LogP contribution in [0.4, 0.5) is 0 Å². The van der Waals surface area contributed by atoms with Crippen molar-refractivity contribution in [3.05, 3.63) is 12.2 Å². The van der Waals surface area contributed by atoms with Gasteiger partial charge in [-0.3, -0.25) is 0 Å². The van der Waals surface area contributed by atoms with Crippen LogP contribution in [-0.4, -0.2) is 37.2 Å². The Balaban J connectivity index is 5.13. The first-order chi connectivity index (χ1) is 17.3. The van der Waals surface area contributed by atoms with Crippen LogP contribution in [0.25, 0.3) is 0 Å². The second-order valence-corrected chi connectivity index (χ2v) is 23.1. The summed E-state index contributed by atoms with van der Waals surface area (Å²) < 4.78 is 5.42. The average molecular weight is 592 g/mol. The second kappa shape index (κ2) is 23.0. The van der Waals surface area contributed by atoms with Gasteiger partial charge >= 0.3 is 236 Å². The Morgan fingerprint density at radius 1 is 0.583 bits per heavy atom. The summed E-state index contributed by atoms with van der Waals surface area (Å²) in [6, 6.07) is 0. The molecule has 0 aromatic heterocycles. The van der Waals surface area contributed by atoms with Crippen LogP contribution in [0.1, 0.15) is 156 Å². The molecule has 0 unspecified atom stereocenters. The molecule has 0 saturated carbocycles. The monoisotopic (exact) mass is 590 g/mol. The van der Waals surface area contributed by atoms with Crippen molar-refractivity contribution < 1.29 is 9.53 Å². The van der Waals surface area contributed by atoms with Crippen LogP contribution in [-0.2, 0) is 9.53 Å². The molecule has 0 aliphatic carbocycles. The molecular weight excluding hydrogens is 527 g/mol. The quantitative estimate of drug-likeness (QED) is 0.0411. The standard InChI is InChI=1S/C32H64BrO2P/c1-6-9-12-15-18-22-27-36(33,28-23-19-16-13-10-7-2,29-24-20-17-14-11-8-3)30-25-21-26-35-32(34)31(4)5/h4,6-30H2,1-3,5H3. The van der Waals surface area contributed by atoms with Crippen molar-refractivity contribution >= 4 is 26.8 Å². The zero-order valence-electron chi connectivity index (χ0n) is 25.0. The van der Waals surface area contributed by atoms with Gasteiger partial charge in [0.1, 0.15) is 0 Å². The third-order valence-corrected chi connectivity index (χ3v) is 17.9. The van der Waals surface area contributed by atoms with Crippen LogP contribution in [0, 0.1) is 0 Å². The van der Waals surface area contributed by atoms with Crippen molar-refractivity contribution in [1.29, 1.82) is 0 Å². The van der Waals surface area contributed by atoms with E-state index in [0.717, 1.165) is 6.42 Å². The van der Waals surface area contributed by atoms with Gasteiger partial charge in [0.05, 0.1) is 0 Å². The molecule has 0 aromatic carbocycles. The van der Waals surface area contributed by atoms with Crippen LogP contribution in [0.2, 0.25) is 0 Å². The van der Waals surface area contributed by atoms with Crippen molar-refractivity contribution in [2.24, 2.45) is 0 Å².